The van der Waals surface area contributed by atoms with Gasteiger partial charge < -0.3 is 14.7 Å². The highest BCUT2D eigenvalue weighted by Crippen LogP contribution is 2.27. The second-order valence-electron chi connectivity index (χ2n) is 4.72. The predicted octanol–water partition coefficient (Wildman–Crippen LogP) is 0.274. The highest BCUT2D eigenvalue weighted by molar-refractivity contribution is 5.91. The zero-order valence-corrected chi connectivity index (χ0v) is 9.27. The number of rotatable bonds is 1. The fourth-order valence-corrected chi connectivity index (χ4v) is 2.64. The van der Waals surface area contributed by atoms with Gasteiger partial charge in [0.05, 0.1) is 5.69 Å². The van der Waals surface area contributed by atoms with Crippen molar-refractivity contribution in [2.24, 2.45) is 11.8 Å². The normalized spacial score (nSPS) is 28.4. The van der Waals surface area contributed by atoms with Crippen LogP contribution in [0.2, 0.25) is 0 Å². The molecular weight excluding hydrogens is 206 g/mol. The van der Waals surface area contributed by atoms with Gasteiger partial charge >= 0.3 is 0 Å². The van der Waals surface area contributed by atoms with E-state index < -0.39 is 0 Å². The summed E-state index contributed by atoms with van der Waals surface area (Å²) in [6.07, 6.45) is 0. The minimum absolute atomic E-state index is 0.0185. The molecule has 86 valence electrons. The van der Waals surface area contributed by atoms with Crippen LogP contribution in [0.15, 0.2) is 10.6 Å². The number of nitrogens with zero attached hydrogens (tertiary/aromatic N) is 2. The van der Waals surface area contributed by atoms with E-state index in [9.17, 15) is 4.79 Å². The molecule has 2 aliphatic heterocycles. The maximum absolute atomic E-state index is 12.1. The predicted molar refractivity (Wildman–Crippen MR) is 57.0 cm³/mol. The standard InChI is InChI=1S/C11H15N3O2/c1-7-2-10(16-13-7)11(15)14-5-8-3-12-4-9(8)6-14/h2,8-9,12H,3-6H2,1H3. The molecule has 2 fully saturated rings. The van der Waals surface area contributed by atoms with E-state index in [1.165, 1.54) is 0 Å². The Kier molecular flexibility index (Phi) is 2.21. The Morgan fingerprint density at radius 1 is 1.50 bits per heavy atom. The summed E-state index contributed by atoms with van der Waals surface area (Å²) in [5.41, 5.74) is 0.754. The smallest absolute Gasteiger partial charge is 0.292 e. The molecule has 16 heavy (non-hydrogen) atoms. The molecule has 0 bridgehead atoms. The first-order valence-electron chi connectivity index (χ1n) is 5.67. The Bertz CT molecular complexity index is 403. The third-order valence-corrected chi connectivity index (χ3v) is 3.52. The maximum atomic E-state index is 12.1. The summed E-state index contributed by atoms with van der Waals surface area (Å²) in [6.45, 7) is 5.57. The van der Waals surface area contributed by atoms with Crippen LogP contribution in [0.4, 0.5) is 0 Å². The summed E-state index contributed by atoms with van der Waals surface area (Å²) >= 11 is 0. The Balaban J connectivity index is 1.73. The van der Waals surface area contributed by atoms with E-state index in [1.54, 1.807) is 6.07 Å². The van der Waals surface area contributed by atoms with Crippen molar-refractivity contribution in [3.05, 3.63) is 17.5 Å². The van der Waals surface area contributed by atoms with Crippen molar-refractivity contribution in [3.63, 3.8) is 0 Å². The summed E-state index contributed by atoms with van der Waals surface area (Å²) in [5, 5.41) is 7.10. The fourth-order valence-electron chi connectivity index (χ4n) is 2.64. The number of hydrogen-bond donors (Lipinski definition) is 1. The first-order chi connectivity index (χ1) is 7.74. The van der Waals surface area contributed by atoms with Crippen molar-refractivity contribution in [1.82, 2.24) is 15.4 Å². The number of fused-ring (bicyclic) bond motifs is 1. The fraction of sp³-hybridized carbons (Fsp3) is 0.636. The lowest BCUT2D eigenvalue weighted by molar-refractivity contribution is 0.0740. The van der Waals surface area contributed by atoms with Gasteiger partial charge in [-0.1, -0.05) is 5.16 Å². The Morgan fingerprint density at radius 3 is 2.75 bits per heavy atom. The van der Waals surface area contributed by atoms with Crippen LogP contribution in [0.1, 0.15) is 16.2 Å². The average Bonchev–Trinajstić information content (AvgIpc) is 2.89. The number of aromatic nitrogens is 1. The van der Waals surface area contributed by atoms with Crippen molar-refractivity contribution in [1.29, 1.82) is 0 Å². The lowest BCUT2D eigenvalue weighted by Gasteiger charge is -2.15. The minimum Gasteiger partial charge on any atom is -0.351 e. The molecule has 5 heteroatoms. The zero-order valence-electron chi connectivity index (χ0n) is 9.27. The third-order valence-electron chi connectivity index (χ3n) is 3.52. The molecule has 3 heterocycles. The van der Waals surface area contributed by atoms with Crippen molar-refractivity contribution < 1.29 is 9.32 Å². The van der Waals surface area contributed by atoms with Crippen LogP contribution in [0, 0.1) is 18.8 Å². The highest BCUT2D eigenvalue weighted by atomic mass is 16.5. The number of amides is 1. The molecule has 2 atom stereocenters. The average molecular weight is 221 g/mol. The second-order valence-corrected chi connectivity index (χ2v) is 4.72. The molecule has 0 aromatic carbocycles. The Hall–Kier alpha value is -1.36. The van der Waals surface area contributed by atoms with E-state index in [1.807, 2.05) is 11.8 Å². The molecule has 3 rings (SSSR count). The lowest BCUT2D eigenvalue weighted by atomic mass is 10.0. The molecular formula is C11H15N3O2. The van der Waals surface area contributed by atoms with E-state index in [2.05, 4.69) is 10.5 Å². The maximum Gasteiger partial charge on any atom is 0.292 e. The number of carbonyl (C=O) groups excluding carboxylic acids is 1. The molecule has 5 nitrogen and oxygen atoms in total. The minimum atomic E-state index is -0.0185. The number of likely N-dealkylation sites (tertiary alicyclic amines) is 1. The number of carbonyl (C=O) groups is 1. The van der Waals surface area contributed by atoms with Crippen LogP contribution >= 0.6 is 0 Å². The Morgan fingerprint density at radius 2 is 2.19 bits per heavy atom. The third kappa shape index (κ3) is 1.51. The highest BCUT2D eigenvalue weighted by Gasteiger charge is 2.39. The van der Waals surface area contributed by atoms with Crippen molar-refractivity contribution >= 4 is 5.91 Å². The summed E-state index contributed by atoms with van der Waals surface area (Å²) in [7, 11) is 0. The summed E-state index contributed by atoms with van der Waals surface area (Å²) < 4.78 is 5.00. The topological polar surface area (TPSA) is 58.4 Å². The number of aryl methyl sites for hydroxylation is 1. The van der Waals surface area contributed by atoms with Gasteiger partial charge in [-0.25, -0.2) is 0 Å². The molecule has 1 aromatic heterocycles. The molecule has 0 spiro atoms. The van der Waals surface area contributed by atoms with E-state index in [-0.39, 0.29) is 5.91 Å². The van der Waals surface area contributed by atoms with Gasteiger partial charge in [0.25, 0.3) is 5.91 Å². The van der Waals surface area contributed by atoms with E-state index in [0.29, 0.717) is 17.6 Å². The second kappa shape index (κ2) is 3.59. The van der Waals surface area contributed by atoms with Crippen LogP contribution in [0.5, 0.6) is 0 Å². The van der Waals surface area contributed by atoms with Gasteiger partial charge in [0.1, 0.15) is 0 Å². The summed E-state index contributed by atoms with van der Waals surface area (Å²) in [5.74, 6) is 1.58. The van der Waals surface area contributed by atoms with E-state index in [0.717, 1.165) is 31.9 Å². The van der Waals surface area contributed by atoms with Crippen LogP contribution in [-0.2, 0) is 0 Å². The molecule has 0 aliphatic carbocycles. The van der Waals surface area contributed by atoms with Crippen molar-refractivity contribution in [3.8, 4) is 0 Å². The zero-order chi connectivity index (χ0) is 11.1. The monoisotopic (exact) mass is 221 g/mol. The van der Waals surface area contributed by atoms with Crippen LogP contribution < -0.4 is 5.32 Å². The molecule has 2 saturated heterocycles. The SMILES string of the molecule is Cc1cc(C(=O)N2CC3CNCC3C2)on1. The van der Waals surface area contributed by atoms with Crippen LogP contribution in [-0.4, -0.2) is 42.1 Å². The van der Waals surface area contributed by atoms with Crippen LogP contribution in [0.3, 0.4) is 0 Å². The van der Waals surface area contributed by atoms with Gasteiger partial charge in [0.2, 0.25) is 5.76 Å². The van der Waals surface area contributed by atoms with Gasteiger partial charge in [0, 0.05) is 32.2 Å². The Labute approximate surface area is 93.8 Å². The first-order valence-corrected chi connectivity index (χ1v) is 5.67. The molecule has 0 saturated carbocycles. The van der Waals surface area contributed by atoms with Crippen LogP contribution in [0.25, 0.3) is 0 Å². The molecule has 0 radical (unpaired) electrons. The number of hydrogen-bond acceptors (Lipinski definition) is 4. The quantitative estimate of drug-likeness (QED) is 0.739. The molecule has 1 aromatic rings. The molecule has 1 N–H and O–H groups in total. The molecule has 2 unspecified atom stereocenters. The van der Waals surface area contributed by atoms with Crippen molar-refractivity contribution in [2.75, 3.05) is 26.2 Å². The number of nitrogens with one attached hydrogen (secondary N) is 1. The van der Waals surface area contributed by atoms with Crippen molar-refractivity contribution in [2.45, 2.75) is 6.92 Å². The largest absolute Gasteiger partial charge is 0.351 e. The first kappa shape index (κ1) is 9.84. The molecule has 1 amide bonds. The van der Waals surface area contributed by atoms with Gasteiger partial charge in [0.15, 0.2) is 0 Å². The lowest BCUT2D eigenvalue weighted by Crippen LogP contribution is -2.31. The van der Waals surface area contributed by atoms with Gasteiger partial charge in [-0.3, -0.25) is 4.79 Å². The van der Waals surface area contributed by atoms with E-state index >= 15 is 0 Å². The van der Waals surface area contributed by atoms with Gasteiger partial charge in [-0.2, -0.15) is 0 Å². The van der Waals surface area contributed by atoms with E-state index in [4.69, 9.17) is 4.52 Å². The van der Waals surface area contributed by atoms with Gasteiger partial charge in [-0.05, 0) is 18.8 Å². The summed E-state index contributed by atoms with van der Waals surface area (Å²) in [6, 6.07) is 1.70. The molecule has 2 aliphatic rings. The van der Waals surface area contributed by atoms with Gasteiger partial charge in [-0.15, -0.1) is 0 Å². The summed E-state index contributed by atoms with van der Waals surface area (Å²) in [4.78, 5) is 13.9.